The molecule has 19 heavy (non-hydrogen) atoms. The average Bonchev–Trinajstić information content (AvgIpc) is 2.34. The molecule has 0 spiro atoms. The summed E-state index contributed by atoms with van der Waals surface area (Å²) in [5, 5.41) is 22.5. The number of anilines is 1. The SMILES string of the molecule is CCC(CNc1ncc(Cl)cc1[N+](=O)[O-])CC(=O)O. The van der Waals surface area contributed by atoms with Gasteiger partial charge in [-0.15, -0.1) is 0 Å². The standard InChI is InChI=1S/C11H14ClN3O4/c1-2-7(3-10(16)17)5-13-11-9(15(18)19)4-8(12)6-14-11/h4,6-7H,2-3,5H2,1H3,(H,13,14)(H,16,17). The number of nitro groups is 1. The zero-order valence-electron chi connectivity index (χ0n) is 10.3. The van der Waals surface area contributed by atoms with Crippen LogP contribution in [0.25, 0.3) is 0 Å². The van der Waals surface area contributed by atoms with Crippen LogP contribution in [-0.2, 0) is 4.79 Å². The van der Waals surface area contributed by atoms with Crippen molar-refractivity contribution in [3.8, 4) is 0 Å². The van der Waals surface area contributed by atoms with Crippen molar-refractivity contribution < 1.29 is 14.8 Å². The van der Waals surface area contributed by atoms with E-state index in [1.165, 1.54) is 12.3 Å². The number of nitrogens with one attached hydrogen (secondary N) is 1. The van der Waals surface area contributed by atoms with E-state index in [-0.39, 0.29) is 28.9 Å². The Morgan fingerprint density at radius 2 is 2.37 bits per heavy atom. The van der Waals surface area contributed by atoms with Crippen LogP contribution in [0.2, 0.25) is 5.02 Å². The lowest BCUT2D eigenvalue weighted by Crippen LogP contribution is -2.18. The zero-order valence-corrected chi connectivity index (χ0v) is 11.1. The number of carboxylic acid groups (broad SMARTS) is 1. The lowest BCUT2D eigenvalue weighted by atomic mass is 10.0. The molecule has 1 atom stereocenters. The molecule has 0 bridgehead atoms. The van der Waals surface area contributed by atoms with Crippen LogP contribution < -0.4 is 5.32 Å². The number of carbonyl (C=O) groups is 1. The predicted molar refractivity (Wildman–Crippen MR) is 70.4 cm³/mol. The summed E-state index contributed by atoms with van der Waals surface area (Å²) in [5.41, 5.74) is -0.224. The van der Waals surface area contributed by atoms with Crippen LogP contribution in [0.15, 0.2) is 12.3 Å². The number of aliphatic carboxylic acids is 1. The zero-order chi connectivity index (χ0) is 14.4. The first-order valence-corrected chi connectivity index (χ1v) is 6.07. The highest BCUT2D eigenvalue weighted by atomic mass is 35.5. The fourth-order valence-electron chi connectivity index (χ4n) is 1.55. The van der Waals surface area contributed by atoms with Crippen molar-refractivity contribution in [2.24, 2.45) is 5.92 Å². The topological polar surface area (TPSA) is 105 Å². The molecule has 2 N–H and O–H groups in total. The van der Waals surface area contributed by atoms with Gasteiger partial charge in [0.2, 0.25) is 5.82 Å². The molecule has 0 saturated heterocycles. The first-order chi connectivity index (χ1) is 8.93. The van der Waals surface area contributed by atoms with Gasteiger partial charge in [0.05, 0.1) is 9.95 Å². The highest BCUT2D eigenvalue weighted by molar-refractivity contribution is 6.30. The Morgan fingerprint density at radius 3 is 2.89 bits per heavy atom. The van der Waals surface area contributed by atoms with E-state index in [2.05, 4.69) is 10.3 Å². The van der Waals surface area contributed by atoms with Gasteiger partial charge >= 0.3 is 11.7 Å². The van der Waals surface area contributed by atoms with E-state index in [4.69, 9.17) is 16.7 Å². The maximum Gasteiger partial charge on any atom is 0.312 e. The average molecular weight is 288 g/mol. The van der Waals surface area contributed by atoms with Crippen LogP contribution in [0, 0.1) is 16.0 Å². The monoisotopic (exact) mass is 287 g/mol. The van der Waals surface area contributed by atoms with Gasteiger partial charge in [-0.05, 0) is 5.92 Å². The van der Waals surface area contributed by atoms with Gasteiger partial charge in [0.15, 0.2) is 0 Å². The summed E-state index contributed by atoms with van der Waals surface area (Å²) in [6.45, 7) is 2.16. The van der Waals surface area contributed by atoms with Crippen molar-refractivity contribution in [1.82, 2.24) is 4.98 Å². The third kappa shape index (κ3) is 4.70. The summed E-state index contributed by atoms with van der Waals surface area (Å²) in [6, 6.07) is 1.20. The van der Waals surface area contributed by atoms with E-state index in [0.29, 0.717) is 13.0 Å². The Hall–Kier alpha value is -1.89. The summed E-state index contributed by atoms with van der Waals surface area (Å²) in [7, 11) is 0. The lowest BCUT2D eigenvalue weighted by Gasteiger charge is -2.13. The number of halogens is 1. The van der Waals surface area contributed by atoms with E-state index in [1.807, 2.05) is 6.92 Å². The second-order valence-electron chi connectivity index (χ2n) is 4.03. The molecule has 1 aromatic rings. The fraction of sp³-hybridized carbons (Fsp3) is 0.455. The summed E-state index contributed by atoms with van der Waals surface area (Å²) >= 11 is 5.65. The van der Waals surface area contributed by atoms with Crippen molar-refractivity contribution in [3.05, 3.63) is 27.4 Å². The van der Waals surface area contributed by atoms with Gasteiger partial charge in [-0.25, -0.2) is 4.98 Å². The van der Waals surface area contributed by atoms with Gasteiger partial charge < -0.3 is 10.4 Å². The van der Waals surface area contributed by atoms with Gasteiger partial charge in [0.1, 0.15) is 0 Å². The first-order valence-electron chi connectivity index (χ1n) is 5.69. The molecule has 0 fully saturated rings. The van der Waals surface area contributed by atoms with Crippen molar-refractivity contribution >= 4 is 29.1 Å². The van der Waals surface area contributed by atoms with Crippen molar-refractivity contribution in [1.29, 1.82) is 0 Å². The second kappa shape index (κ2) is 6.89. The van der Waals surface area contributed by atoms with E-state index >= 15 is 0 Å². The minimum Gasteiger partial charge on any atom is -0.481 e. The highest BCUT2D eigenvalue weighted by Gasteiger charge is 2.18. The number of nitrogens with zero attached hydrogens (tertiary/aromatic N) is 2. The van der Waals surface area contributed by atoms with Gasteiger partial charge in [0.25, 0.3) is 0 Å². The van der Waals surface area contributed by atoms with Gasteiger partial charge in [-0.1, -0.05) is 24.9 Å². The number of hydrogen-bond donors (Lipinski definition) is 2. The predicted octanol–water partition coefficient (Wildman–Crippen LogP) is 2.56. The Morgan fingerprint density at radius 1 is 1.68 bits per heavy atom. The van der Waals surface area contributed by atoms with E-state index in [9.17, 15) is 14.9 Å². The molecule has 1 heterocycles. The van der Waals surface area contributed by atoms with Crippen LogP contribution in [0.5, 0.6) is 0 Å². The Bertz CT molecular complexity index is 481. The smallest absolute Gasteiger partial charge is 0.312 e. The van der Waals surface area contributed by atoms with Gasteiger partial charge in [0, 0.05) is 25.2 Å². The van der Waals surface area contributed by atoms with Crippen LogP contribution >= 0.6 is 11.6 Å². The van der Waals surface area contributed by atoms with E-state index in [0.717, 1.165) is 0 Å². The van der Waals surface area contributed by atoms with Crippen LogP contribution in [0.1, 0.15) is 19.8 Å². The van der Waals surface area contributed by atoms with Gasteiger partial charge in [-0.3, -0.25) is 14.9 Å². The van der Waals surface area contributed by atoms with E-state index < -0.39 is 10.9 Å². The lowest BCUT2D eigenvalue weighted by molar-refractivity contribution is -0.384. The number of pyridine rings is 1. The van der Waals surface area contributed by atoms with Crippen LogP contribution in [-0.4, -0.2) is 27.5 Å². The molecular formula is C11H14ClN3O4. The van der Waals surface area contributed by atoms with Crippen molar-refractivity contribution in [3.63, 3.8) is 0 Å². The quantitative estimate of drug-likeness (QED) is 0.590. The summed E-state index contributed by atoms with van der Waals surface area (Å²) < 4.78 is 0. The Kier molecular flexibility index (Phi) is 5.50. The molecule has 0 aliphatic heterocycles. The molecule has 0 saturated carbocycles. The normalized spacial score (nSPS) is 11.9. The molecule has 0 aromatic carbocycles. The molecule has 1 aromatic heterocycles. The fourth-order valence-corrected chi connectivity index (χ4v) is 1.70. The minimum absolute atomic E-state index is 0.00485. The van der Waals surface area contributed by atoms with Crippen LogP contribution in [0.4, 0.5) is 11.5 Å². The van der Waals surface area contributed by atoms with Crippen molar-refractivity contribution in [2.45, 2.75) is 19.8 Å². The molecule has 7 nitrogen and oxygen atoms in total. The molecule has 0 amide bonds. The molecule has 0 radical (unpaired) electrons. The number of hydrogen-bond acceptors (Lipinski definition) is 5. The molecular weight excluding hydrogens is 274 g/mol. The first kappa shape index (κ1) is 15.2. The maximum atomic E-state index is 10.8. The van der Waals surface area contributed by atoms with E-state index in [1.54, 1.807) is 0 Å². The molecule has 1 rings (SSSR count). The van der Waals surface area contributed by atoms with Gasteiger partial charge in [-0.2, -0.15) is 0 Å². The second-order valence-corrected chi connectivity index (χ2v) is 4.47. The summed E-state index contributed by atoms with van der Waals surface area (Å²) in [5.74, 6) is -0.917. The Balaban J connectivity index is 2.76. The minimum atomic E-state index is -0.896. The highest BCUT2D eigenvalue weighted by Crippen LogP contribution is 2.25. The molecule has 104 valence electrons. The molecule has 1 unspecified atom stereocenters. The molecule has 8 heteroatoms. The van der Waals surface area contributed by atoms with Crippen molar-refractivity contribution in [2.75, 3.05) is 11.9 Å². The largest absolute Gasteiger partial charge is 0.481 e. The number of carboxylic acids is 1. The number of aromatic nitrogens is 1. The third-order valence-electron chi connectivity index (χ3n) is 2.63. The molecule has 0 aliphatic carbocycles. The van der Waals surface area contributed by atoms with Crippen LogP contribution in [0.3, 0.4) is 0 Å². The maximum absolute atomic E-state index is 10.8. The summed E-state index contributed by atoms with van der Waals surface area (Å²) in [4.78, 5) is 24.7. The number of rotatable bonds is 7. The Labute approximate surface area is 114 Å². The summed E-state index contributed by atoms with van der Waals surface area (Å²) in [6.07, 6.45) is 1.96. The molecule has 0 aliphatic rings. The third-order valence-corrected chi connectivity index (χ3v) is 2.84.